The highest BCUT2D eigenvalue weighted by Crippen LogP contribution is 2.34. The molecule has 1 aliphatic heterocycles. The molecule has 9 nitrogen and oxygen atoms in total. The average Bonchev–Trinajstić information content (AvgIpc) is 3.47. The van der Waals surface area contributed by atoms with Gasteiger partial charge in [0, 0.05) is 31.7 Å². The SMILES string of the molecule is O=C(c1cnccc1Nc1nc(-c2cccc(C(F)F)n2)nn2cccc12)N1CCC(O)(c2ccccc2)CC1. The molecular weight excluding hydrogens is 516 g/mol. The van der Waals surface area contributed by atoms with Crippen molar-refractivity contribution in [1.82, 2.24) is 29.5 Å². The predicted molar refractivity (Wildman–Crippen MR) is 144 cm³/mol. The van der Waals surface area contributed by atoms with Crippen LogP contribution in [0.15, 0.2) is 85.3 Å². The van der Waals surface area contributed by atoms with Gasteiger partial charge in [-0.15, -0.1) is 5.10 Å². The molecule has 1 fully saturated rings. The van der Waals surface area contributed by atoms with E-state index in [1.165, 1.54) is 18.3 Å². The molecule has 0 spiro atoms. The fourth-order valence-electron chi connectivity index (χ4n) is 4.92. The third-order valence-corrected chi connectivity index (χ3v) is 7.11. The number of alkyl halides is 2. The van der Waals surface area contributed by atoms with Crippen LogP contribution < -0.4 is 5.32 Å². The lowest BCUT2D eigenvalue weighted by Crippen LogP contribution is -2.45. The Morgan fingerprint density at radius 3 is 2.55 bits per heavy atom. The summed E-state index contributed by atoms with van der Waals surface area (Å²) >= 11 is 0. The van der Waals surface area contributed by atoms with Gasteiger partial charge in [-0.05, 0) is 48.7 Å². The van der Waals surface area contributed by atoms with Gasteiger partial charge in [0.25, 0.3) is 12.3 Å². The van der Waals surface area contributed by atoms with Crippen LogP contribution in [0.1, 0.15) is 40.9 Å². The molecule has 0 aliphatic carbocycles. The number of carbonyl (C=O) groups is 1. The summed E-state index contributed by atoms with van der Waals surface area (Å²) in [6, 6.07) is 19.0. The number of pyridine rings is 2. The van der Waals surface area contributed by atoms with Crippen LogP contribution in [0.2, 0.25) is 0 Å². The number of nitrogens with zero attached hydrogens (tertiary/aromatic N) is 6. The quantitative estimate of drug-likeness (QED) is 0.312. The first-order chi connectivity index (χ1) is 19.4. The van der Waals surface area contributed by atoms with Crippen molar-refractivity contribution in [3.8, 4) is 11.5 Å². The van der Waals surface area contributed by atoms with Gasteiger partial charge in [-0.25, -0.2) is 23.3 Å². The molecule has 1 amide bonds. The number of fused-ring (bicyclic) bond motifs is 1. The molecule has 0 atom stereocenters. The Kier molecular flexibility index (Phi) is 6.64. The van der Waals surface area contributed by atoms with Crippen LogP contribution in [0.25, 0.3) is 17.0 Å². The van der Waals surface area contributed by atoms with E-state index in [4.69, 9.17) is 0 Å². The van der Waals surface area contributed by atoms with Crippen molar-refractivity contribution in [2.45, 2.75) is 24.9 Å². The standard InChI is InChI=1S/C29H25F2N7O2/c30-25(31)22-8-4-9-23(33-22)26-35-27(24-10-5-15-38(24)36-26)34-21-11-14-32-18-20(21)28(39)37-16-12-29(40,13-17-37)19-6-2-1-3-7-19/h1-11,14-15,18,25,40H,12-13,16-17H2,(H,32,34,35,36). The van der Waals surface area contributed by atoms with Crippen LogP contribution in [-0.4, -0.2) is 53.6 Å². The third kappa shape index (κ3) is 4.87. The number of aromatic nitrogens is 5. The fourth-order valence-corrected chi connectivity index (χ4v) is 4.92. The van der Waals surface area contributed by atoms with Crippen LogP contribution in [0, 0.1) is 0 Å². The van der Waals surface area contributed by atoms with Gasteiger partial charge < -0.3 is 15.3 Å². The predicted octanol–water partition coefficient (Wildman–Crippen LogP) is 4.99. The molecule has 11 heteroatoms. The van der Waals surface area contributed by atoms with E-state index in [0.29, 0.717) is 48.5 Å². The number of rotatable bonds is 6. The highest BCUT2D eigenvalue weighted by atomic mass is 19.3. The van der Waals surface area contributed by atoms with E-state index in [1.807, 2.05) is 30.3 Å². The number of carbonyl (C=O) groups excluding carboxylic acids is 1. The van der Waals surface area contributed by atoms with Crippen molar-refractivity contribution >= 4 is 22.9 Å². The van der Waals surface area contributed by atoms with Crippen molar-refractivity contribution in [2.24, 2.45) is 0 Å². The molecule has 1 aliphatic rings. The molecule has 4 aromatic heterocycles. The van der Waals surface area contributed by atoms with E-state index in [0.717, 1.165) is 5.56 Å². The maximum atomic E-state index is 13.6. The molecule has 0 saturated carbocycles. The maximum absolute atomic E-state index is 13.6. The summed E-state index contributed by atoms with van der Waals surface area (Å²) in [6.07, 6.45) is 2.87. The molecular formula is C29H25F2N7O2. The van der Waals surface area contributed by atoms with Crippen molar-refractivity contribution in [1.29, 1.82) is 0 Å². The summed E-state index contributed by atoms with van der Waals surface area (Å²) in [4.78, 5) is 28.1. The highest BCUT2D eigenvalue weighted by molar-refractivity contribution is 6.00. The number of benzene rings is 1. The molecule has 0 radical (unpaired) electrons. The minimum atomic E-state index is -2.73. The third-order valence-electron chi connectivity index (χ3n) is 7.11. The Hall–Kier alpha value is -4.77. The molecule has 1 aromatic carbocycles. The Balaban J connectivity index is 1.28. The number of aliphatic hydroxyl groups is 1. The zero-order valence-corrected chi connectivity index (χ0v) is 21.3. The molecule has 1 saturated heterocycles. The molecule has 6 rings (SSSR count). The summed E-state index contributed by atoms with van der Waals surface area (Å²) < 4.78 is 28.1. The monoisotopic (exact) mass is 541 g/mol. The number of piperidine rings is 1. The van der Waals surface area contributed by atoms with Crippen LogP contribution in [-0.2, 0) is 5.60 Å². The first kappa shape index (κ1) is 25.5. The van der Waals surface area contributed by atoms with Crippen LogP contribution in [0.3, 0.4) is 0 Å². The number of hydrogen-bond acceptors (Lipinski definition) is 7. The number of hydrogen-bond donors (Lipinski definition) is 2. The smallest absolute Gasteiger partial charge is 0.280 e. The van der Waals surface area contributed by atoms with Gasteiger partial charge in [0.1, 0.15) is 16.9 Å². The van der Waals surface area contributed by atoms with E-state index in [9.17, 15) is 18.7 Å². The number of nitrogens with one attached hydrogen (secondary N) is 1. The summed E-state index contributed by atoms with van der Waals surface area (Å²) in [6.45, 7) is 0.761. The van der Waals surface area contributed by atoms with Gasteiger partial charge in [0.05, 0.1) is 16.9 Å². The molecule has 0 bridgehead atoms. The normalized spacial score (nSPS) is 14.9. The second-order valence-electron chi connectivity index (χ2n) is 9.61. The lowest BCUT2D eigenvalue weighted by Gasteiger charge is -2.38. The summed E-state index contributed by atoms with van der Waals surface area (Å²) in [5.74, 6) is 0.293. The summed E-state index contributed by atoms with van der Waals surface area (Å²) in [5.41, 5.74) is 1.13. The van der Waals surface area contributed by atoms with Gasteiger partial charge in [-0.2, -0.15) is 0 Å². The van der Waals surface area contributed by atoms with E-state index in [-0.39, 0.29) is 23.1 Å². The lowest BCUT2D eigenvalue weighted by atomic mass is 9.84. The minimum absolute atomic E-state index is 0.145. The van der Waals surface area contributed by atoms with Crippen molar-refractivity contribution in [2.75, 3.05) is 18.4 Å². The van der Waals surface area contributed by atoms with Crippen molar-refractivity contribution in [3.05, 3.63) is 102 Å². The zero-order valence-electron chi connectivity index (χ0n) is 21.3. The van der Waals surface area contributed by atoms with Crippen LogP contribution >= 0.6 is 0 Å². The lowest BCUT2D eigenvalue weighted by molar-refractivity contribution is -0.0211. The van der Waals surface area contributed by atoms with E-state index < -0.39 is 12.0 Å². The number of amides is 1. The highest BCUT2D eigenvalue weighted by Gasteiger charge is 2.36. The second kappa shape index (κ2) is 10.4. The fraction of sp³-hybridized carbons (Fsp3) is 0.207. The Morgan fingerprint density at radius 2 is 1.77 bits per heavy atom. The number of likely N-dealkylation sites (tertiary alicyclic amines) is 1. The van der Waals surface area contributed by atoms with E-state index >= 15 is 0 Å². The van der Waals surface area contributed by atoms with E-state index in [2.05, 4.69) is 25.4 Å². The summed E-state index contributed by atoms with van der Waals surface area (Å²) in [5, 5.41) is 18.8. The average molecular weight is 542 g/mol. The second-order valence-corrected chi connectivity index (χ2v) is 9.61. The van der Waals surface area contributed by atoms with Crippen LogP contribution in [0.5, 0.6) is 0 Å². The van der Waals surface area contributed by atoms with Crippen LogP contribution in [0.4, 0.5) is 20.3 Å². The van der Waals surface area contributed by atoms with Gasteiger partial charge in [-0.3, -0.25) is 9.78 Å². The molecule has 5 heterocycles. The van der Waals surface area contributed by atoms with Gasteiger partial charge >= 0.3 is 0 Å². The molecule has 5 aromatic rings. The zero-order chi connectivity index (χ0) is 27.7. The van der Waals surface area contributed by atoms with E-state index in [1.54, 1.807) is 46.1 Å². The topological polar surface area (TPSA) is 109 Å². The first-order valence-corrected chi connectivity index (χ1v) is 12.8. The summed E-state index contributed by atoms with van der Waals surface area (Å²) in [7, 11) is 0. The largest absolute Gasteiger partial charge is 0.385 e. The Bertz CT molecular complexity index is 1670. The Labute approximate surface area is 228 Å². The van der Waals surface area contributed by atoms with Gasteiger partial charge in [0.15, 0.2) is 5.82 Å². The van der Waals surface area contributed by atoms with Gasteiger partial charge in [0.2, 0.25) is 5.82 Å². The Morgan fingerprint density at radius 1 is 0.975 bits per heavy atom. The molecule has 0 unspecified atom stereocenters. The van der Waals surface area contributed by atoms with Crippen molar-refractivity contribution < 1.29 is 18.7 Å². The first-order valence-electron chi connectivity index (χ1n) is 12.8. The van der Waals surface area contributed by atoms with Crippen molar-refractivity contribution in [3.63, 3.8) is 0 Å². The molecule has 202 valence electrons. The number of anilines is 2. The maximum Gasteiger partial charge on any atom is 0.280 e. The number of halogens is 2. The minimum Gasteiger partial charge on any atom is -0.385 e. The molecule has 40 heavy (non-hydrogen) atoms. The van der Waals surface area contributed by atoms with Gasteiger partial charge in [-0.1, -0.05) is 36.4 Å². The molecule has 2 N–H and O–H groups in total.